The summed E-state index contributed by atoms with van der Waals surface area (Å²) in [4.78, 5) is 12.3. The highest BCUT2D eigenvalue weighted by molar-refractivity contribution is 7.80. The second-order valence-corrected chi connectivity index (χ2v) is 6.77. The predicted molar refractivity (Wildman–Crippen MR) is 108 cm³/mol. The van der Waals surface area contributed by atoms with E-state index in [4.69, 9.17) is 63.4 Å². The zero-order valence-corrected chi connectivity index (χ0v) is 16.7. The fourth-order valence-electron chi connectivity index (χ4n) is 1.86. The van der Waals surface area contributed by atoms with E-state index in [1.807, 2.05) is 6.92 Å². The Balaban J connectivity index is 2.06. The van der Waals surface area contributed by atoms with Crippen molar-refractivity contribution in [2.45, 2.75) is 6.92 Å². The summed E-state index contributed by atoms with van der Waals surface area (Å²) in [5.41, 5.74) is 0.754. The van der Waals surface area contributed by atoms with Crippen molar-refractivity contribution < 1.29 is 9.53 Å². The Morgan fingerprint density at radius 2 is 1.72 bits per heavy atom. The van der Waals surface area contributed by atoms with Gasteiger partial charge in [0.2, 0.25) is 0 Å². The predicted octanol–water partition coefficient (Wildman–Crippen LogP) is 5.83. The molecule has 2 rings (SSSR count). The molecule has 0 fully saturated rings. The third kappa shape index (κ3) is 5.36. The average Bonchev–Trinajstić information content (AvgIpc) is 2.54. The molecule has 0 bridgehead atoms. The van der Waals surface area contributed by atoms with Gasteiger partial charge in [0.25, 0.3) is 5.91 Å². The molecule has 1 amide bonds. The molecule has 0 heterocycles. The van der Waals surface area contributed by atoms with Gasteiger partial charge in [-0.2, -0.15) is 0 Å². The lowest BCUT2D eigenvalue weighted by atomic mass is 10.2. The fourth-order valence-corrected chi connectivity index (χ4v) is 2.89. The molecule has 0 aliphatic heterocycles. The van der Waals surface area contributed by atoms with E-state index in [9.17, 15) is 4.79 Å². The number of anilines is 1. The van der Waals surface area contributed by atoms with Crippen molar-refractivity contribution in [3.05, 3.63) is 56.0 Å². The Morgan fingerprint density at radius 3 is 2.36 bits per heavy atom. The van der Waals surface area contributed by atoms with E-state index in [2.05, 4.69) is 10.6 Å². The Kier molecular flexibility index (Phi) is 7.16. The van der Waals surface area contributed by atoms with Gasteiger partial charge in [0, 0.05) is 5.56 Å². The van der Waals surface area contributed by atoms with Crippen molar-refractivity contribution >= 4 is 75.3 Å². The number of nitrogens with one attached hydrogen (secondary N) is 2. The van der Waals surface area contributed by atoms with E-state index in [0.717, 1.165) is 0 Å². The molecule has 0 atom stereocenters. The molecule has 0 unspecified atom stereocenters. The van der Waals surface area contributed by atoms with Crippen LogP contribution in [0.3, 0.4) is 0 Å². The number of ether oxygens (including phenoxy) is 1. The molecule has 0 aromatic heterocycles. The molecule has 2 aromatic carbocycles. The maximum Gasteiger partial charge on any atom is 0.257 e. The minimum absolute atomic E-state index is 0.0512. The minimum atomic E-state index is -0.432. The van der Waals surface area contributed by atoms with Gasteiger partial charge in [-0.15, -0.1) is 0 Å². The quantitative estimate of drug-likeness (QED) is 0.466. The summed E-state index contributed by atoms with van der Waals surface area (Å²) < 4.78 is 5.33. The van der Waals surface area contributed by atoms with Crippen molar-refractivity contribution in [2.24, 2.45) is 0 Å². The van der Waals surface area contributed by atoms with Crippen LogP contribution in [0.1, 0.15) is 17.3 Å². The van der Waals surface area contributed by atoms with Crippen LogP contribution in [-0.4, -0.2) is 17.6 Å². The second kappa shape index (κ2) is 8.92. The summed E-state index contributed by atoms with van der Waals surface area (Å²) in [6.07, 6.45) is 0. The summed E-state index contributed by atoms with van der Waals surface area (Å²) in [6.45, 7) is 2.32. The molecular weight excluding hydrogens is 426 g/mol. The molecule has 2 aromatic rings. The standard InChI is InChI=1S/C16H12Cl4N2O2S/c1-2-24-14-4-3-8(5-12(14)20)15(23)22-16(25)21-13-7-10(18)9(17)6-11(13)19/h3-7H,2H2,1H3,(H2,21,22,23,25). The number of carbonyl (C=O) groups is 1. The van der Waals surface area contributed by atoms with Gasteiger partial charge < -0.3 is 10.1 Å². The average molecular weight is 438 g/mol. The maximum absolute atomic E-state index is 12.3. The molecule has 2 N–H and O–H groups in total. The van der Waals surface area contributed by atoms with E-state index in [1.54, 1.807) is 12.1 Å². The second-order valence-electron chi connectivity index (χ2n) is 4.73. The zero-order valence-electron chi connectivity index (χ0n) is 12.8. The molecule has 0 saturated carbocycles. The first-order valence-electron chi connectivity index (χ1n) is 7.01. The van der Waals surface area contributed by atoms with Crippen LogP contribution in [0.5, 0.6) is 5.75 Å². The summed E-state index contributed by atoms with van der Waals surface area (Å²) >= 11 is 29.1. The summed E-state index contributed by atoms with van der Waals surface area (Å²) in [5, 5.41) is 6.65. The molecule has 0 radical (unpaired) electrons. The van der Waals surface area contributed by atoms with Gasteiger partial charge >= 0.3 is 0 Å². The number of thiocarbonyl (C=S) groups is 1. The van der Waals surface area contributed by atoms with E-state index < -0.39 is 5.91 Å². The van der Waals surface area contributed by atoms with E-state index >= 15 is 0 Å². The van der Waals surface area contributed by atoms with E-state index in [1.165, 1.54) is 18.2 Å². The topological polar surface area (TPSA) is 50.4 Å². The third-order valence-electron chi connectivity index (χ3n) is 2.98. The van der Waals surface area contributed by atoms with Crippen LogP contribution in [0.4, 0.5) is 5.69 Å². The van der Waals surface area contributed by atoms with Crippen LogP contribution < -0.4 is 15.4 Å². The van der Waals surface area contributed by atoms with E-state index in [0.29, 0.717) is 43.7 Å². The third-order valence-corrected chi connectivity index (χ3v) is 4.51. The maximum atomic E-state index is 12.3. The highest BCUT2D eigenvalue weighted by Gasteiger charge is 2.13. The minimum Gasteiger partial charge on any atom is -0.492 e. The zero-order chi connectivity index (χ0) is 18.6. The number of carbonyl (C=O) groups excluding carboxylic acids is 1. The number of halogens is 4. The van der Waals surface area contributed by atoms with Crippen LogP contribution in [0.2, 0.25) is 20.1 Å². The Labute approximate surface area is 170 Å². The van der Waals surface area contributed by atoms with Crippen molar-refractivity contribution in [1.29, 1.82) is 0 Å². The van der Waals surface area contributed by atoms with Crippen LogP contribution in [0, 0.1) is 0 Å². The van der Waals surface area contributed by atoms with Crippen LogP contribution in [0.25, 0.3) is 0 Å². The number of hydrogen-bond donors (Lipinski definition) is 2. The smallest absolute Gasteiger partial charge is 0.257 e. The molecule has 0 aliphatic rings. The molecular formula is C16H12Cl4N2O2S. The molecule has 0 spiro atoms. The van der Waals surface area contributed by atoms with Gasteiger partial charge in [-0.25, -0.2) is 0 Å². The van der Waals surface area contributed by atoms with Crippen LogP contribution in [-0.2, 0) is 0 Å². The summed E-state index contributed by atoms with van der Waals surface area (Å²) in [7, 11) is 0. The monoisotopic (exact) mass is 436 g/mol. The first-order chi connectivity index (χ1) is 11.8. The molecule has 0 saturated heterocycles. The number of amides is 1. The van der Waals surface area contributed by atoms with E-state index in [-0.39, 0.29) is 5.11 Å². The largest absolute Gasteiger partial charge is 0.492 e. The van der Waals surface area contributed by atoms with Gasteiger partial charge in [0.1, 0.15) is 5.75 Å². The SMILES string of the molecule is CCOc1ccc(C(=O)NC(=S)Nc2cc(Cl)c(Cl)cc2Cl)cc1Cl. The Hall–Kier alpha value is -1.24. The Morgan fingerprint density at radius 1 is 1.04 bits per heavy atom. The van der Waals surface area contributed by atoms with Crippen LogP contribution >= 0.6 is 58.6 Å². The molecule has 132 valence electrons. The first kappa shape index (κ1) is 20.1. The lowest BCUT2D eigenvalue weighted by molar-refractivity contribution is 0.0977. The van der Waals surface area contributed by atoms with Crippen LogP contribution in [0.15, 0.2) is 30.3 Å². The first-order valence-corrected chi connectivity index (χ1v) is 8.93. The number of rotatable bonds is 4. The Bertz CT molecular complexity index is 830. The van der Waals surface area contributed by atoms with Crippen molar-refractivity contribution in [3.63, 3.8) is 0 Å². The number of hydrogen-bond acceptors (Lipinski definition) is 3. The lowest BCUT2D eigenvalue weighted by Crippen LogP contribution is -2.34. The summed E-state index contributed by atoms with van der Waals surface area (Å²) in [6, 6.07) is 7.69. The van der Waals surface area contributed by atoms with Crippen molar-refractivity contribution in [1.82, 2.24) is 5.32 Å². The van der Waals surface area contributed by atoms with Crippen molar-refractivity contribution in [3.8, 4) is 5.75 Å². The van der Waals surface area contributed by atoms with Gasteiger partial charge in [0.15, 0.2) is 5.11 Å². The highest BCUT2D eigenvalue weighted by atomic mass is 35.5. The van der Waals surface area contributed by atoms with Gasteiger partial charge in [0.05, 0.1) is 32.4 Å². The van der Waals surface area contributed by atoms with Gasteiger partial charge in [-0.3, -0.25) is 10.1 Å². The van der Waals surface area contributed by atoms with Gasteiger partial charge in [-0.05, 0) is 49.5 Å². The highest BCUT2D eigenvalue weighted by Crippen LogP contribution is 2.32. The molecule has 4 nitrogen and oxygen atoms in total. The fraction of sp³-hybridized carbons (Fsp3) is 0.125. The summed E-state index contributed by atoms with van der Waals surface area (Å²) in [5.74, 6) is 0.0719. The number of benzene rings is 2. The van der Waals surface area contributed by atoms with Crippen molar-refractivity contribution in [2.75, 3.05) is 11.9 Å². The lowest BCUT2D eigenvalue weighted by Gasteiger charge is -2.12. The molecule has 0 aliphatic carbocycles. The van der Waals surface area contributed by atoms with Gasteiger partial charge in [-0.1, -0.05) is 46.4 Å². The molecule has 9 heteroatoms. The normalized spacial score (nSPS) is 10.3. The molecule has 25 heavy (non-hydrogen) atoms.